The maximum absolute atomic E-state index is 5.42. The summed E-state index contributed by atoms with van der Waals surface area (Å²) in [6.45, 7) is 0. The van der Waals surface area contributed by atoms with Gasteiger partial charge in [0.1, 0.15) is 0 Å². The van der Waals surface area contributed by atoms with Gasteiger partial charge in [0.2, 0.25) is 0 Å². The lowest BCUT2D eigenvalue weighted by Crippen LogP contribution is -2.27. The molecular weight excluding hydrogens is 913 g/mol. The van der Waals surface area contributed by atoms with E-state index in [1.54, 1.807) is 0 Å². The highest BCUT2D eigenvalue weighted by Crippen LogP contribution is 2.57. The smallest absolute Gasteiger partial charge is 0.164 e. The fourth-order valence-electron chi connectivity index (χ4n) is 11.9. The number of hydrogen-bond donors (Lipinski definition) is 0. The molecular formula is C69H44N6. The first kappa shape index (κ1) is 42.7. The van der Waals surface area contributed by atoms with E-state index in [-0.39, 0.29) is 11.8 Å². The van der Waals surface area contributed by atoms with Gasteiger partial charge in [-0.3, -0.25) is 0 Å². The Morgan fingerprint density at radius 1 is 0.267 bits per heavy atom. The van der Waals surface area contributed by atoms with Crippen molar-refractivity contribution in [2.75, 3.05) is 0 Å². The van der Waals surface area contributed by atoms with E-state index in [9.17, 15) is 0 Å². The Morgan fingerprint density at radius 3 is 1.33 bits per heavy atom. The Hall–Kier alpha value is -9.91. The molecule has 0 N–H and O–H groups in total. The van der Waals surface area contributed by atoms with Gasteiger partial charge in [-0.25, -0.2) is 24.9 Å². The molecule has 16 rings (SSSR count). The van der Waals surface area contributed by atoms with E-state index in [1.165, 1.54) is 49.7 Å². The first-order valence-corrected chi connectivity index (χ1v) is 25.6. The van der Waals surface area contributed by atoms with Crippen LogP contribution in [0.5, 0.6) is 0 Å². The standard InChI is InChI=1S/C69H44N6/c1-5-20-43(21-6-1)66-70-60(42-61(71-66)50-29-14-13-28-49(50)56-33-19-34-57-51-30-17-18-35-62(51)75(65(56)57)48-26-11-4-12-27-48)46-36-38-54-58(40-46)63-52-31-15-16-32-53(52)64(54)59-41-47(37-39-55(59)63)69-73-67(44-22-7-2-8-23-44)72-68(74-69)45-24-9-3-10-25-45/h1-42,63-64H. The second kappa shape index (κ2) is 17.4. The molecule has 2 bridgehead atoms. The van der Waals surface area contributed by atoms with Gasteiger partial charge in [-0.2, -0.15) is 0 Å². The SMILES string of the molecule is c1ccc(-c2nc(-c3ccc4c(c3)C3c5ccccc5C4c4cc(-c5nc(-c6ccccc6)nc(-c6ccccc6)n5)ccc43)cc(-c3ccccc3-c3cccc4c5ccccc5n(-c5ccccc5)c34)n2)cc1. The monoisotopic (exact) mass is 956 g/mol. The number of aromatic nitrogens is 6. The summed E-state index contributed by atoms with van der Waals surface area (Å²) in [5, 5.41) is 2.42. The molecule has 6 heteroatoms. The molecule has 0 saturated heterocycles. The number of fused-ring (bicyclic) bond motifs is 3. The van der Waals surface area contributed by atoms with Crippen LogP contribution < -0.4 is 0 Å². The van der Waals surface area contributed by atoms with E-state index in [2.05, 4.69) is 217 Å². The summed E-state index contributed by atoms with van der Waals surface area (Å²) in [6, 6.07) is 90.5. The van der Waals surface area contributed by atoms with Crippen molar-refractivity contribution < 1.29 is 0 Å². The first-order valence-electron chi connectivity index (χ1n) is 25.6. The summed E-state index contributed by atoms with van der Waals surface area (Å²) < 4.78 is 2.41. The Balaban J connectivity index is 0.875. The fraction of sp³-hybridized carbons (Fsp3) is 0.0290. The largest absolute Gasteiger partial charge is 0.309 e. The number of rotatable bonds is 8. The highest BCUT2D eigenvalue weighted by atomic mass is 15.0. The third kappa shape index (κ3) is 7.06. The van der Waals surface area contributed by atoms with E-state index >= 15 is 0 Å². The van der Waals surface area contributed by atoms with Gasteiger partial charge in [0.05, 0.1) is 22.4 Å². The molecule has 3 aliphatic rings. The predicted octanol–water partition coefficient (Wildman–Crippen LogP) is 16.4. The van der Waals surface area contributed by atoms with Crippen molar-refractivity contribution in [3.8, 4) is 84.9 Å². The molecule has 3 heterocycles. The first-order chi connectivity index (χ1) is 37.2. The second-order valence-electron chi connectivity index (χ2n) is 19.5. The van der Waals surface area contributed by atoms with Crippen LogP contribution in [0.25, 0.3) is 107 Å². The molecule has 0 amide bonds. The molecule has 75 heavy (non-hydrogen) atoms. The molecule has 350 valence electrons. The zero-order valence-electron chi connectivity index (χ0n) is 40.6. The van der Waals surface area contributed by atoms with Crippen molar-refractivity contribution in [3.05, 3.63) is 288 Å². The predicted molar refractivity (Wildman–Crippen MR) is 303 cm³/mol. The zero-order valence-corrected chi connectivity index (χ0v) is 40.6. The van der Waals surface area contributed by atoms with Crippen LogP contribution in [-0.4, -0.2) is 29.5 Å². The minimum Gasteiger partial charge on any atom is -0.309 e. The Bertz CT molecular complexity index is 4300. The minimum atomic E-state index is 0.0239. The molecule has 2 atom stereocenters. The summed E-state index contributed by atoms with van der Waals surface area (Å²) in [6.07, 6.45) is 0. The van der Waals surface area contributed by atoms with Crippen LogP contribution in [-0.2, 0) is 0 Å². The van der Waals surface area contributed by atoms with Crippen LogP contribution in [0.2, 0.25) is 0 Å². The second-order valence-corrected chi connectivity index (χ2v) is 19.5. The van der Waals surface area contributed by atoms with Crippen LogP contribution in [0.3, 0.4) is 0 Å². The summed E-state index contributed by atoms with van der Waals surface area (Å²) in [5.41, 5.74) is 21.2. The molecule has 0 aliphatic heterocycles. The van der Waals surface area contributed by atoms with Gasteiger partial charge in [0.15, 0.2) is 23.3 Å². The number of nitrogens with zero attached hydrogens (tertiary/aromatic N) is 6. The molecule has 0 saturated carbocycles. The Kier molecular flexibility index (Phi) is 9.91. The van der Waals surface area contributed by atoms with Crippen LogP contribution in [0, 0.1) is 0 Å². The van der Waals surface area contributed by atoms with E-state index in [0.717, 1.165) is 67.1 Å². The van der Waals surface area contributed by atoms with E-state index in [1.807, 2.05) is 42.5 Å². The van der Waals surface area contributed by atoms with Gasteiger partial charge in [0, 0.05) is 67.2 Å². The number of benzene rings is 10. The van der Waals surface area contributed by atoms with Gasteiger partial charge in [-0.15, -0.1) is 0 Å². The summed E-state index contributed by atoms with van der Waals surface area (Å²) >= 11 is 0. The maximum Gasteiger partial charge on any atom is 0.164 e. The van der Waals surface area contributed by atoms with Crippen molar-refractivity contribution in [2.45, 2.75) is 11.8 Å². The Labute approximate surface area is 434 Å². The number of para-hydroxylation sites is 3. The molecule has 3 aromatic heterocycles. The van der Waals surface area contributed by atoms with E-state index < -0.39 is 0 Å². The van der Waals surface area contributed by atoms with Crippen LogP contribution in [0.4, 0.5) is 0 Å². The summed E-state index contributed by atoms with van der Waals surface area (Å²) in [7, 11) is 0. The maximum atomic E-state index is 5.42. The Morgan fingerprint density at radius 2 is 0.707 bits per heavy atom. The van der Waals surface area contributed by atoms with Crippen molar-refractivity contribution >= 4 is 21.8 Å². The molecule has 0 fully saturated rings. The number of hydrogen-bond acceptors (Lipinski definition) is 5. The lowest BCUT2D eigenvalue weighted by atomic mass is 9.60. The molecule has 6 nitrogen and oxygen atoms in total. The summed E-state index contributed by atoms with van der Waals surface area (Å²) in [5.74, 6) is 2.69. The van der Waals surface area contributed by atoms with Crippen molar-refractivity contribution in [3.63, 3.8) is 0 Å². The molecule has 0 spiro atoms. The van der Waals surface area contributed by atoms with Crippen LogP contribution >= 0.6 is 0 Å². The summed E-state index contributed by atoms with van der Waals surface area (Å²) in [4.78, 5) is 26.1. The average Bonchev–Trinajstić information content (AvgIpc) is 3.84. The molecule has 10 aromatic carbocycles. The molecule has 3 aliphatic carbocycles. The molecule has 13 aromatic rings. The van der Waals surface area contributed by atoms with Gasteiger partial charge < -0.3 is 4.57 Å². The van der Waals surface area contributed by atoms with Crippen LogP contribution in [0.1, 0.15) is 45.2 Å². The zero-order chi connectivity index (χ0) is 49.4. The topological polar surface area (TPSA) is 69.4 Å². The van der Waals surface area contributed by atoms with Crippen LogP contribution in [0.15, 0.2) is 255 Å². The normalized spacial score (nSPS) is 14.1. The van der Waals surface area contributed by atoms with Crippen molar-refractivity contribution in [1.29, 1.82) is 0 Å². The lowest BCUT2D eigenvalue weighted by molar-refractivity contribution is 0.754. The average molecular weight is 957 g/mol. The third-order valence-electron chi connectivity index (χ3n) is 15.2. The lowest BCUT2D eigenvalue weighted by Gasteiger charge is -2.42. The molecule has 2 unspecified atom stereocenters. The molecule has 0 radical (unpaired) electrons. The van der Waals surface area contributed by atoms with Crippen molar-refractivity contribution in [1.82, 2.24) is 29.5 Å². The third-order valence-corrected chi connectivity index (χ3v) is 15.2. The van der Waals surface area contributed by atoms with E-state index in [0.29, 0.717) is 23.3 Å². The quantitative estimate of drug-likeness (QED) is 0.152. The highest BCUT2D eigenvalue weighted by Gasteiger charge is 2.41. The fourth-order valence-corrected chi connectivity index (χ4v) is 11.9. The van der Waals surface area contributed by atoms with Crippen molar-refractivity contribution in [2.24, 2.45) is 0 Å². The highest BCUT2D eigenvalue weighted by molar-refractivity contribution is 6.14. The van der Waals surface area contributed by atoms with Gasteiger partial charge in [0.25, 0.3) is 0 Å². The van der Waals surface area contributed by atoms with Gasteiger partial charge in [-0.1, -0.05) is 218 Å². The minimum absolute atomic E-state index is 0.0239. The van der Waals surface area contributed by atoms with Gasteiger partial charge in [-0.05, 0) is 75.3 Å². The van der Waals surface area contributed by atoms with Gasteiger partial charge >= 0.3 is 0 Å². The van der Waals surface area contributed by atoms with E-state index in [4.69, 9.17) is 24.9 Å².